The van der Waals surface area contributed by atoms with Crippen LogP contribution in [0.5, 0.6) is 0 Å². The van der Waals surface area contributed by atoms with Gasteiger partial charge in [-0.3, -0.25) is 4.79 Å². The van der Waals surface area contributed by atoms with E-state index in [2.05, 4.69) is 14.9 Å². The lowest BCUT2D eigenvalue weighted by molar-refractivity contribution is 0.0955. The number of nitrogens with two attached hydrogens (primary N) is 1. The van der Waals surface area contributed by atoms with Gasteiger partial charge in [-0.25, -0.2) is 0 Å². The van der Waals surface area contributed by atoms with Crippen molar-refractivity contribution in [2.75, 3.05) is 6.54 Å². The van der Waals surface area contributed by atoms with E-state index < -0.39 is 0 Å². The fraction of sp³-hybridized carbons (Fsp3) is 0.250. The third-order valence-electron chi connectivity index (χ3n) is 2.49. The van der Waals surface area contributed by atoms with Crippen LogP contribution in [-0.4, -0.2) is 22.0 Å². The molecule has 0 radical (unpaired) electrons. The lowest BCUT2D eigenvalue weighted by atomic mass is 10.1. The molecule has 1 amide bonds. The monoisotopic (exact) mass is 262 g/mol. The average Bonchev–Trinajstić information content (AvgIpc) is 2.92. The first-order chi connectivity index (χ1) is 8.79. The molecule has 1 aromatic heterocycles. The molecule has 18 heavy (non-hydrogen) atoms. The number of nitrogens with one attached hydrogen (secondary N) is 1. The molecule has 0 bridgehead atoms. The number of amides is 1. The summed E-state index contributed by atoms with van der Waals surface area (Å²) < 4.78 is 3.65. The van der Waals surface area contributed by atoms with Gasteiger partial charge in [0.05, 0.1) is 6.20 Å². The zero-order valence-corrected chi connectivity index (χ0v) is 10.6. The quantitative estimate of drug-likeness (QED) is 0.841. The highest BCUT2D eigenvalue weighted by Gasteiger charge is 2.07. The number of hydrogen-bond donors (Lipinski definition) is 2. The van der Waals surface area contributed by atoms with Crippen molar-refractivity contribution in [1.82, 2.24) is 14.9 Å². The maximum absolute atomic E-state index is 11.7. The summed E-state index contributed by atoms with van der Waals surface area (Å²) in [4.78, 5) is 12.2. The number of rotatable bonds is 5. The highest BCUT2D eigenvalue weighted by atomic mass is 32.1. The maximum atomic E-state index is 11.7. The molecule has 0 spiro atoms. The van der Waals surface area contributed by atoms with Crippen molar-refractivity contribution in [3.05, 3.63) is 46.5 Å². The number of carbonyl (C=O) groups is 1. The molecule has 1 heterocycles. The van der Waals surface area contributed by atoms with E-state index in [0.29, 0.717) is 18.0 Å². The third kappa shape index (κ3) is 3.35. The molecule has 2 rings (SSSR count). The Morgan fingerprint density at radius 2 is 2.00 bits per heavy atom. The number of benzene rings is 1. The molecule has 6 heteroatoms. The fourth-order valence-corrected chi connectivity index (χ4v) is 1.96. The number of aromatic nitrogens is 2. The second-order valence-electron chi connectivity index (χ2n) is 3.82. The van der Waals surface area contributed by atoms with Crippen LogP contribution in [0.25, 0.3) is 0 Å². The molecular formula is C12H14N4OS. The highest BCUT2D eigenvalue weighted by molar-refractivity contribution is 7.07. The van der Waals surface area contributed by atoms with Gasteiger partial charge in [0.15, 0.2) is 0 Å². The van der Waals surface area contributed by atoms with E-state index in [1.54, 1.807) is 0 Å². The zero-order valence-electron chi connectivity index (χ0n) is 9.80. The van der Waals surface area contributed by atoms with Crippen LogP contribution >= 0.6 is 11.5 Å². The van der Waals surface area contributed by atoms with Crippen molar-refractivity contribution in [2.45, 2.75) is 13.0 Å². The van der Waals surface area contributed by atoms with E-state index in [4.69, 9.17) is 5.73 Å². The van der Waals surface area contributed by atoms with Gasteiger partial charge in [-0.2, -0.15) is 0 Å². The molecule has 2 aromatic rings. The normalized spacial score (nSPS) is 10.3. The summed E-state index contributed by atoms with van der Waals surface area (Å²) in [6.45, 7) is 1.15. The first-order valence-corrected chi connectivity index (χ1v) is 6.40. The van der Waals surface area contributed by atoms with Crippen molar-refractivity contribution in [3.8, 4) is 0 Å². The van der Waals surface area contributed by atoms with Gasteiger partial charge < -0.3 is 11.1 Å². The van der Waals surface area contributed by atoms with Gasteiger partial charge in [0.2, 0.25) is 0 Å². The van der Waals surface area contributed by atoms with Crippen molar-refractivity contribution in [1.29, 1.82) is 0 Å². The number of hydrogen-bond acceptors (Lipinski definition) is 5. The summed E-state index contributed by atoms with van der Waals surface area (Å²) >= 11 is 1.09. The van der Waals surface area contributed by atoms with E-state index in [-0.39, 0.29) is 5.91 Å². The third-order valence-corrected chi connectivity index (χ3v) is 3.16. The van der Waals surface area contributed by atoms with Gasteiger partial charge in [0.1, 0.15) is 4.88 Å². The lowest BCUT2D eigenvalue weighted by Crippen LogP contribution is -2.21. The summed E-state index contributed by atoms with van der Waals surface area (Å²) in [7, 11) is 0. The Labute approximate surface area is 109 Å². The van der Waals surface area contributed by atoms with E-state index in [0.717, 1.165) is 23.5 Å². The fourth-order valence-electron chi connectivity index (χ4n) is 1.53. The van der Waals surface area contributed by atoms with Crippen LogP contribution in [0.4, 0.5) is 0 Å². The first kappa shape index (κ1) is 12.7. The summed E-state index contributed by atoms with van der Waals surface area (Å²) in [5, 5.41) is 6.45. The lowest BCUT2D eigenvalue weighted by Gasteiger charge is -2.04. The van der Waals surface area contributed by atoms with E-state index in [1.807, 2.05) is 24.3 Å². The van der Waals surface area contributed by atoms with E-state index in [9.17, 15) is 4.79 Å². The Kier molecular flexibility index (Phi) is 4.38. The smallest absolute Gasteiger partial charge is 0.264 e. The molecule has 0 aliphatic carbocycles. The molecule has 0 fully saturated rings. The van der Waals surface area contributed by atoms with E-state index in [1.165, 1.54) is 11.8 Å². The number of carbonyl (C=O) groups excluding carboxylic acids is 1. The minimum atomic E-state index is -0.143. The van der Waals surface area contributed by atoms with E-state index >= 15 is 0 Å². The molecule has 1 aromatic carbocycles. The maximum Gasteiger partial charge on any atom is 0.264 e. The largest absolute Gasteiger partial charge is 0.347 e. The summed E-state index contributed by atoms with van der Waals surface area (Å²) in [5.74, 6) is -0.143. The van der Waals surface area contributed by atoms with Crippen LogP contribution < -0.4 is 11.1 Å². The van der Waals surface area contributed by atoms with Gasteiger partial charge in [0, 0.05) is 6.54 Å². The van der Waals surface area contributed by atoms with Gasteiger partial charge in [-0.05, 0) is 35.6 Å². The minimum absolute atomic E-state index is 0.143. The molecule has 0 saturated heterocycles. The Morgan fingerprint density at radius 3 is 2.61 bits per heavy atom. The average molecular weight is 262 g/mol. The Morgan fingerprint density at radius 1 is 1.28 bits per heavy atom. The van der Waals surface area contributed by atoms with Gasteiger partial charge in [0.25, 0.3) is 5.91 Å². The highest BCUT2D eigenvalue weighted by Crippen LogP contribution is 2.06. The van der Waals surface area contributed by atoms with Crippen molar-refractivity contribution >= 4 is 17.4 Å². The van der Waals surface area contributed by atoms with Crippen LogP contribution in [0.3, 0.4) is 0 Å². The Bertz CT molecular complexity index is 495. The minimum Gasteiger partial charge on any atom is -0.347 e. The molecule has 94 valence electrons. The van der Waals surface area contributed by atoms with Crippen LogP contribution in [0.2, 0.25) is 0 Å². The Balaban J connectivity index is 1.88. The SMILES string of the molecule is NCCc1ccc(CNC(=O)c2cnns2)cc1. The van der Waals surface area contributed by atoms with Crippen LogP contribution in [-0.2, 0) is 13.0 Å². The first-order valence-electron chi connectivity index (χ1n) is 5.63. The van der Waals surface area contributed by atoms with Crippen LogP contribution in [0.1, 0.15) is 20.8 Å². The standard InChI is InChI=1S/C12H14N4OS/c13-6-5-9-1-3-10(4-2-9)7-14-12(17)11-8-15-16-18-11/h1-4,8H,5-7,13H2,(H,14,17). The van der Waals surface area contributed by atoms with Crippen molar-refractivity contribution in [2.24, 2.45) is 5.73 Å². The summed E-state index contributed by atoms with van der Waals surface area (Å²) in [5.41, 5.74) is 7.75. The molecule has 0 aliphatic heterocycles. The summed E-state index contributed by atoms with van der Waals surface area (Å²) in [6.07, 6.45) is 2.34. The molecule has 3 N–H and O–H groups in total. The molecular weight excluding hydrogens is 248 g/mol. The van der Waals surface area contributed by atoms with Crippen LogP contribution in [0.15, 0.2) is 30.5 Å². The predicted octanol–water partition coefficient (Wildman–Crippen LogP) is 0.969. The van der Waals surface area contributed by atoms with Gasteiger partial charge >= 0.3 is 0 Å². The topological polar surface area (TPSA) is 80.9 Å². The van der Waals surface area contributed by atoms with Crippen molar-refractivity contribution < 1.29 is 4.79 Å². The molecule has 0 atom stereocenters. The molecule has 0 aliphatic rings. The zero-order chi connectivity index (χ0) is 12.8. The number of nitrogens with zero attached hydrogens (tertiary/aromatic N) is 2. The summed E-state index contributed by atoms with van der Waals surface area (Å²) in [6, 6.07) is 8.05. The predicted molar refractivity (Wildman–Crippen MR) is 70.3 cm³/mol. The molecule has 0 saturated carbocycles. The Hall–Kier alpha value is -1.79. The van der Waals surface area contributed by atoms with Crippen molar-refractivity contribution in [3.63, 3.8) is 0 Å². The van der Waals surface area contributed by atoms with Gasteiger partial charge in [-0.15, -0.1) is 5.10 Å². The van der Waals surface area contributed by atoms with Crippen LogP contribution in [0, 0.1) is 0 Å². The second-order valence-corrected chi connectivity index (χ2v) is 4.61. The molecule has 0 unspecified atom stereocenters. The second kappa shape index (κ2) is 6.23. The van der Waals surface area contributed by atoms with Gasteiger partial charge in [-0.1, -0.05) is 28.8 Å². The molecule has 5 nitrogen and oxygen atoms in total.